The van der Waals surface area contributed by atoms with Crippen molar-refractivity contribution in [3.05, 3.63) is 44.7 Å². The summed E-state index contributed by atoms with van der Waals surface area (Å²) in [6.45, 7) is 3.40. The minimum atomic E-state index is -3.73. The number of rotatable bonds is 5. The largest absolute Gasteiger partial charge is 0.489 e. The van der Waals surface area contributed by atoms with Gasteiger partial charge in [0.05, 0.1) is 33.6 Å². The quantitative estimate of drug-likeness (QED) is 0.564. The van der Waals surface area contributed by atoms with Gasteiger partial charge in [-0.3, -0.25) is 4.79 Å². The van der Waals surface area contributed by atoms with Crippen LogP contribution in [0.4, 0.5) is 0 Å². The normalized spacial score (nSPS) is 19.3. The first-order valence-corrected chi connectivity index (χ1v) is 13.4. The number of hydrogen-bond donors (Lipinski definition) is 0. The number of pyridine rings is 1. The molecule has 2 aromatic rings. The van der Waals surface area contributed by atoms with Crippen LogP contribution in [0.3, 0.4) is 0 Å². The first-order valence-electron chi connectivity index (χ1n) is 11.4. The Bertz CT molecular complexity index is 1300. The fraction of sp³-hybridized carbons (Fsp3) is 0.500. The number of halogens is 1. The summed E-state index contributed by atoms with van der Waals surface area (Å²) in [5, 5.41) is 0.307. The summed E-state index contributed by atoms with van der Waals surface area (Å²) in [7, 11) is -3.73. The second-order valence-corrected chi connectivity index (χ2v) is 11.7. The Balaban J connectivity index is 1.69. The standard InChI is InChI=1S/C24H26ClNO6S/c1-13(2)31-24(28)18-9-14-12-33(29,30)21-11-20(32-16-5-3-4-6-16)19(25)10-17(21)22(14)26(23(18)27)15-7-8-15/h9-11,13,15-16H,3-8,12H2,1-2H3. The molecule has 0 bridgehead atoms. The van der Waals surface area contributed by atoms with E-state index in [0.717, 1.165) is 38.5 Å². The van der Waals surface area contributed by atoms with E-state index in [9.17, 15) is 18.0 Å². The summed E-state index contributed by atoms with van der Waals surface area (Å²) in [6, 6.07) is 4.37. The number of ether oxygens (including phenoxy) is 2. The van der Waals surface area contributed by atoms with E-state index in [-0.39, 0.29) is 28.4 Å². The fourth-order valence-electron chi connectivity index (χ4n) is 4.74. The van der Waals surface area contributed by atoms with Crippen LogP contribution >= 0.6 is 11.6 Å². The zero-order chi connectivity index (χ0) is 23.5. The molecule has 2 heterocycles. The highest BCUT2D eigenvalue weighted by molar-refractivity contribution is 7.90. The molecule has 33 heavy (non-hydrogen) atoms. The smallest absolute Gasteiger partial charge is 0.344 e. The van der Waals surface area contributed by atoms with Crippen molar-refractivity contribution < 1.29 is 22.7 Å². The molecule has 9 heteroatoms. The highest BCUT2D eigenvalue weighted by atomic mass is 35.5. The maximum absolute atomic E-state index is 13.4. The topological polar surface area (TPSA) is 91.7 Å². The monoisotopic (exact) mass is 491 g/mol. The van der Waals surface area contributed by atoms with Crippen molar-refractivity contribution in [3.63, 3.8) is 0 Å². The number of benzene rings is 1. The second-order valence-electron chi connectivity index (χ2n) is 9.35. The number of nitrogens with zero attached hydrogens (tertiary/aromatic N) is 1. The van der Waals surface area contributed by atoms with E-state index in [2.05, 4.69) is 0 Å². The van der Waals surface area contributed by atoms with E-state index >= 15 is 0 Å². The molecule has 1 aromatic heterocycles. The maximum Gasteiger partial charge on any atom is 0.344 e. The Kier molecular flexibility index (Phi) is 5.56. The van der Waals surface area contributed by atoms with Gasteiger partial charge in [-0.2, -0.15) is 0 Å². The molecule has 0 saturated heterocycles. The fourth-order valence-corrected chi connectivity index (χ4v) is 6.51. The molecule has 5 rings (SSSR count). The lowest BCUT2D eigenvalue weighted by atomic mass is 10.0. The average Bonchev–Trinajstić information content (AvgIpc) is 3.43. The Labute approximate surface area is 197 Å². The number of esters is 1. The van der Waals surface area contributed by atoms with Gasteiger partial charge in [0.2, 0.25) is 0 Å². The van der Waals surface area contributed by atoms with Crippen LogP contribution in [0.25, 0.3) is 11.3 Å². The zero-order valence-electron chi connectivity index (χ0n) is 18.6. The Morgan fingerprint density at radius 2 is 1.82 bits per heavy atom. The van der Waals surface area contributed by atoms with Crippen LogP contribution in [0.2, 0.25) is 5.02 Å². The third-order valence-electron chi connectivity index (χ3n) is 6.35. The molecule has 0 amide bonds. The summed E-state index contributed by atoms with van der Waals surface area (Å²) in [5.74, 6) is -0.699. The molecule has 0 radical (unpaired) electrons. The second kappa shape index (κ2) is 8.17. The third kappa shape index (κ3) is 4.08. The van der Waals surface area contributed by atoms with E-state index in [1.807, 2.05) is 0 Å². The van der Waals surface area contributed by atoms with Gasteiger partial charge in [-0.1, -0.05) is 11.6 Å². The number of sulfone groups is 1. The van der Waals surface area contributed by atoms with Crippen LogP contribution in [0.1, 0.15) is 74.3 Å². The van der Waals surface area contributed by atoms with E-state index in [4.69, 9.17) is 21.1 Å². The lowest BCUT2D eigenvalue weighted by Crippen LogP contribution is -2.32. The molecule has 1 aliphatic heterocycles. The van der Waals surface area contributed by atoms with Gasteiger partial charge in [0.15, 0.2) is 9.84 Å². The number of carbonyl (C=O) groups excluding carboxylic acids is 1. The summed E-state index contributed by atoms with van der Waals surface area (Å²) in [4.78, 5) is 26.1. The van der Waals surface area contributed by atoms with Gasteiger partial charge in [-0.05, 0) is 70.1 Å². The average molecular weight is 492 g/mol. The van der Waals surface area contributed by atoms with Gasteiger partial charge >= 0.3 is 5.97 Å². The van der Waals surface area contributed by atoms with Gasteiger partial charge in [0, 0.05) is 17.7 Å². The SMILES string of the molecule is CC(C)OC(=O)c1cc2c(n(C3CC3)c1=O)-c1cc(Cl)c(OC3CCCC3)cc1S(=O)(=O)C2. The Hall–Kier alpha value is -2.32. The Morgan fingerprint density at radius 3 is 2.45 bits per heavy atom. The number of hydrogen-bond acceptors (Lipinski definition) is 6. The number of aromatic nitrogens is 1. The highest BCUT2D eigenvalue weighted by Gasteiger charge is 2.38. The molecule has 0 N–H and O–H groups in total. The molecule has 2 saturated carbocycles. The molecule has 0 spiro atoms. The van der Waals surface area contributed by atoms with E-state index in [0.29, 0.717) is 27.6 Å². The molecule has 3 aliphatic rings. The summed E-state index contributed by atoms with van der Waals surface area (Å²) < 4.78 is 39.4. The summed E-state index contributed by atoms with van der Waals surface area (Å²) in [5.41, 5.74) is 0.704. The molecular formula is C24H26ClNO6S. The molecule has 0 unspecified atom stereocenters. The van der Waals surface area contributed by atoms with Gasteiger partial charge in [0.25, 0.3) is 5.56 Å². The maximum atomic E-state index is 13.4. The van der Waals surface area contributed by atoms with Crippen molar-refractivity contribution in [2.75, 3.05) is 0 Å². The van der Waals surface area contributed by atoms with E-state index < -0.39 is 27.5 Å². The molecule has 2 fully saturated rings. The zero-order valence-corrected chi connectivity index (χ0v) is 20.2. The van der Waals surface area contributed by atoms with Gasteiger partial charge in [-0.15, -0.1) is 0 Å². The van der Waals surface area contributed by atoms with Crippen molar-refractivity contribution in [1.82, 2.24) is 4.57 Å². The molecule has 0 atom stereocenters. The van der Waals surface area contributed by atoms with Crippen molar-refractivity contribution in [1.29, 1.82) is 0 Å². The van der Waals surface area contributed by atoms with Gasteiger partial charge in [-0.25, -0.2) is 13.2 Å². The summed E-state index contributed by atoms with van der Waals surface area (Å²) in [6.07, 6.45) is 5.19. The van der Waals surface area contributed by atoms with Crippen LogP contribution < -0.4 is 10.3 Å². The van der Waals surface area contributed by atoms with E-state index in [1.54, 1.807) is 24.5 Å². The molecule has 176 valence electrons. The Morgan fingerprint density at radius 1 is 1.12 bits per heavy atom. The number of fused-ring (bicyclic) bond motifs is 3. The minimum Gasteiger partial charge on any atom is -0.489 e. The van der Waals surface area contributed by atoms with Crippen molar-refractivity contribution in [3.8, 4) is 17.0 Å². The van der Waals surface area contributed by atoms with Crippen LogP contribution in [0, 0.1) is 0 Å². The molecular weight excluding hydrogens is 466 g/mol. The van der Waals surface area contributed by atoms with Gasteiger partial charge < -0.3 is 14.0 Å². The van der Waals surface area contributed by atoms with E-state index in [1.165, 1.54) is 12.1 Å². The molecule has 1 aromatic carbocycles. The first kappa shape index (κ1) is 22.5. The minimum absolute atomic E-state index is 0.0262. The molecule has 7 nitrogen and oxygen atoms in total. The predicted octanol–water partition coefficient (Wildman–Crippen LogP) is 4.68. The van der Waals surface area contributed by atoms with Crippen LogP contribution in [-0.2, 0) is 20.3 Å². The summed E-state index contributed by atoms with van der Waals surface area (Å²) >= 11 is 6.54. The lowest BCUT2D eigenvalue weighted by molar-refractivity contribution is 0.0375. The van der Waals surface area contributed by atoms with Crippen molar-refractivity contribution in [2.24, 2.45) is 0 Å². The van der Waals surface area contributed by atoms with Crippen LogP contribution in [-0.4, -0.2) is 31.2 Å². The predicted molar refractivity (Wildman–Crippen MR) is 124 cm³/mol. The van der Waals surface area contributed by atoms with Gasteiger partial charge in [0.1, 0.15) is 11.3 Å². The first-order chi connectivity index (χ1) is 15.7. The number of carbonyl (C=O) groups is 1. The molecule has 2 aliphatic carbocycles. The van der Waals surface area contributed by atoms with Crippen LogP contribution in [0.5, 0.6) is 5.75 Å². The highest BCUT2D eigenvalue weighted by Crippen LogP contribution is 2.46. The lowest BCUT2D eigenvalue weighted by Gasteiger charge is -2.26. The van der Waals surface area contributed by atoms with Crippen molar-refractivity contribution in [2.45, 2.75) is 81.3 Å². The van der Waals surface area contributed by atoms with Crippen LogP contribution in [0.15, 0.2) is 27.9 Å². The van der Waals surface area contributed by atoms with Crippen molar-refractivity contribution >= 4 is 27.4 Å². The third-order valence-corrected chi connectivity index (χ3v) is 8.35.